The number of rotatable bonds is 61. The number of phosphoric acid groups is 1. The third kappa shape index (κ3) is 63.1. The van der Waals surface area contributed by atoms with Crippen LogP contribution in [0, 0.1) is 0 Å². The van der Waals surface area contributed by atoms with Crippen molar-refractivity contribution in [2.45, 2.75) is 315 Å². The molecule has 0 aromatic rings. The Morgan fingerprint density at radius 1 is 0.443 bits per heavy atom. The van der Waals surface area contributed by atoms with Crippen LogP contribution in [-0.4, -0.2) is 73.4 Å². The van der Waals surface area contributed by atoms with Gasteiger partial charge in [0.25, 0.3) is 0 Å². The van der Waals surface area contributed by atoms with Crippen molar-refractivity contribution in [1.29, 1.82) is 0 Å². The van der Waals surface area contributed by atoms with Gasteiger partial charge in [0.05, 0.1) is 39.9 Å². The van der Waals surface area contributed by atoms with Gasteiger partial charge >= 0.3 is 7.82 Å². The van der Waals surface area contributed by atoms with Gasteiger partial charge in [-0.05, 0) is 77.0 Å². The zero-order valence-electron chi connectivity index (χ0n) is 52.6. The maximum absolute atomic E-state index is 13.0. The van der Waals surface area contributed by atoms with Gasteiger partial charge in [0.1, 0.15) is 13.2 Å². The Morgan fingerprint density at radius 3 is 1.16 bits per heavy atom. The summed E-state index contributed by atoms with van der Waals surface area (Å²) in [4.78, 5) is 23.4. The van der Waals surface area contributed by atoms with E-state index in [0.717, 1.165) is 70.6 Å². The molecule has 0 aliphatic heterocycles. The molecule has 0 radical (unpaired) electrons. The Morgan fingerprint density at radius 2 is 0.772 bits per heavy atom. The summed E-state index contributed by atoms with van der Waals surface area (Å²) in [5.74, 6) is -0.188. The fourth-order valence-corrected chi connectivity index (χ4v) is 10.4. The lowest BCUT2D eigenvalue weighted by molar-refractivity contribution is -0.870. The van der Waals surface area contributed by atoms with E-state index in [-0.39, 0.29) is 19.1 Å². The Kier molecular flexibility index (Phi) is 58.5. The minimum atomic E-state index is -4.37. The highest BCUT2D eigenvalue weighted by atomic mass is 31.2. The number of amides is 1. The molecule has 0 aliphatic rings. The SMILES string of the molecule is CC/C=C\C/C=C\C/C=C\C/C=C\C/C=C\CCCCCCCCCCCCCCCC(=O)NC(COP(=O)(O)OCC[N+](C)(C)C)C(O)/C=C/CC/C=C/CCCCCCCCCCCCCCCCCCCCCCCC. The topological polar surface area (TPSA) is 105 Å². The predicted octanol–water partition coefficient (Wildman–Crippen LogP) is 21.2. The molecule has 0 spiro atoms. The Balaban J connectivity index is 4.15. The molecule has 460 valence electrons. The van der Waals surface area contributed by atoms with E-state index in [1.807, 2.05) is 27.2 Å². The minimum Gasteiger partial charge on any atom is -0.387 e. The molecule has 0 aliphatic carbocycles. The van der Waals surface area contributed by atoms with E-state index in [2.05, 4.69) is 92.1 Å². The largest absolute Gasteiger partial charge is 0.472 e. The quantitative estimate of drug-likeness (QED) is 0.0243. The van der Waals surface area contributed by atoms with Crippen LogP contribution in [0.3, 0.4) is 0 Å². The monoisotopic (exact) mass is 1130 g/mol. The summed E-state index contributed by atoms with van der Waals surface area (Å²) in [5.41, 5.74) is 0. The molecular weight excluding hydrogens is 996 g/mol. The van der Waals surface area contributed by atoms with Gasteiger partial charge in [-0.1, -0.05) is 304 Å². The van der Waals surface area contributed by atoms with E-state index >= 15 is 0 Å². The third-order valence-corrected chi connectivity index (χ3v) is 15.8. The molecule has 8 nitrogen and oxygen atoms in total. The maximum Gasteiger partial charge on any atom is 0.472 e. The van der Waals surface area contributed by atoms with Gasteiger partial charge in [0.2, 0.25) is 5.91 Å². The summed E-state index contributed by atoms with van der Waals surface area (Å²) in [7, 11) is 1.55. The van der Waals surface area contributed by atoms with Gasteiger partial charge in [0, 0.05) is 6.42 Å². The number of hydrogen-bond acceptors (Lipinski definition) is 5. The molecule has 3 unspecified atom stereocenters. The van der Waals surface area contributed by atoms with Gasteiger partial charge in [-0.15, -0.1) is 0 Å². The summed E-state index contributed by atoms with van der Waals surface area (Å²) in [6.45, 7) is 4.71. The van der Waals surface area contributed by atoms with Gasteiger partial charge < -0.3 is 19.8 Å². The lowest BCUT2D eigenvalue weighted by Crippen LogP contribution is -2.45. The number of phosphoric ester groups is 1. The number of likely N-dealkylation sites (N-methyl/N-ethyl adjacent to an activating group) is 1. The number of aliphatic hydroxyl groups excluding tert-OH is 1. The first-order chi connectivity index (χ1) is 38.5. The van der Waals surface area contributed by atoms with Crippen LogP contribution in [0.4, 0.5) is 0 Å². The normalized spacial score (nSPS) is 14.3. The fraction of sp³-hybridized carbons (Fsp3) is 0.786. The Bertz CT molecular complexity index is 1560. The van der Waals surface area contributed by atoms with Gasteiger partial charge in [-0.25, -0.2) is 4.57 Å². The first kappa shape index (κ1) is 76.7. The van der Waals surface area contributed by atoms with Crippen molar-refractivity contribution in [2.24, 2.45) is 0 Å². The van der Waals surface area contributed by atoms with Crippen LogP contribution < -0.4 is 5.32 Å². The minimum absolute atomic E-state index is 0.0534. The number of carbonyl (C=O) groups is 1. The highest BCUT2D eigenvalue weighted by Crippen LogP contribution is 2.43. The molecule has 0 rings (SSSR count). The van der Waals surface area contributed by atoms with Gasteiger partial charge in [-0.3, -0.25) is 13.8 Å². The average molecular weight is 1130 g/mol. The van der Waals surface area contributed by atoms with Crippen LogP contribution in [0.25, 0.3) is 0 Å². The summed E-state index contributed by atoms with van der Waals surface area (Å²) < 4.78 is 23.8. The number of unbranched alkanes of at least 4 members (excludes halogenated alkanes) is 36. The number of nitrogens with zero attached hydrogens (tertiary/aromatic N) is 1. The van der Waals surface area contributed by atoms with Crippen LogP contribution >= 0.6 is 7.82 Å². The molecule has 3 atom stereocenters. The number of allylic oxidation sites excluding steroid dienone is 13. The van der Waals surface area contributed by atoms with Crippen molar-refractivity contribution < 1.29 is 32.9 Å². The zero-order valence-corrected chi connectivity index (χ0v) is 53.5. The second-order valence-corrected chi connectivity index (χ2v) is 25.3. The van der Waals surface area contributed by atoms with E-state index in [1.54, 1.807) is 6.08 Å². The second kappa shape index (κ2) is 60.3. The van der Waals surface area contributed by atoms with E-state index in [1.165, 1.54) is 212 Å². The summed E-state index contributed by atoms with van der Waals surface area (Å²) in [5, 5.41) is 14.0. The zero-order chi connectivity index (χ0) is 57.7. The van der Waals surface area contributed by atoms with Crippen LogP contribution in [0.15, 0.2) is 85.1 Å². The van der Waals surface area contributed by atoms with Crippen molar-refractivity contribution in [3.63, 3.8) is 0 Å². The number of quaternary nitrogens is 1. The molecule has 3 N–H and O–H groups in total. The fourth-order valence-electron chi connectivity index (χ4n) is 9.68. The van der Waals surface area contributed by atoms with E-state index in [0.29, 0.717) is 17.4 Å². The second-order valence-electron chi connectivity index (χ2n) is 23.8. The number of nitrogens with one attached hydrogen (secondary N) is 1. The lowest BCUT2D eigenvalue weighted by Gasteiger charge is -2.25. The summed E-state index contributed by atoms with van der Waals surface area (Å²) in [6.07, 6.45) is 85.8. The summed E-state index contributed by atoms with van der Waals surface area (Å²) >= 11 is 0. The molecule has 0 saturated carbocycles. The van der Waals surface area contributed by atoms with Crippen molar-refractivity contribution >= 4 is 13.7 Å². The molecule has 9 heteroatoms. The van der Waals surface area contributed by atoms with E-state index < -0.39 is 20.0 Å². The highest BCUT2D eigenvalue weighted by molar-refractivity contribution is 7.47. The molecule has 79 heavy (non-hydrogen) atoms. The lowest BCUT2D eigenvalue weighted by atomic mass is 10.0. The molecule has 1 amide bonds. The molecule has 0 aromatic heterocycles. The van der Waals surface area contributed by atoms with Crippen LogP contribution in [0.2, 0.25) is 0 Å². The number of aliphatic hydroxyl groups is 1. The van der Waals surface area contributed by atoms with E-state index in [4.69, 9.17) is 9.05 Å². The average Bonchev–Trinajstić information content (AvgIpc) is 3.42. The highest BCUT2D eigenvalue weighted by Gasteiger charge is 2.28. The summed E-state index contributed by atoms with van der Waals surface area (Å²) in [6, 6.07) is -0.870. The molecule has 0 aromatic carbocycles. The Hall–Kier alpha value is -2.32. The third-order valence-electron chi connectivity index (χ3n) is 14.8. The molecule has 0 saturated heterocycles. The molecule has 0 fully saturated rings. The van der Waals surface area contributed by atoms with Crippen molar-refractivity contribution in [2.75, 3.05) is 40.9 Å². The van der Waals surface area contributed by atoms with Gasteiger partial charge in [0.15, 0.2) is 0 Å². The van der Waals surface area contributed by atoms with E-state index in [9.17, 15) is 19.4 Å². The van der Waals surface area contributed by atoms with Crippen molar-refractivity contribution in [1.82, 2.24) is 5.32 Å². The first-order valence-electron chi connectivity index (χ1n) is 33.5. The van der Waals surface area contributed by atoms with Gasteiger partial charge in [-0.2, -0.15) is 0 Å². The van der Waals surface area contributed by atoms with Crippen LogP contribution in [0.5, 0.6) is 0 Å². The molecule has 0 heterocycles. The molecule has 0 bridgehead atoms. The van der Waals surface area contributed by atoms with Crippen LogP contribution in [0.1, 0.15) is 303 Å². The van der Waals surface area contributed by atoms with Crippen molar-refractivity contribution in [3.8, 4) is 0 Å². The van der Waals surface area contributed by atoms with Crippen molar-refractivity contribution in [3.05, 3.63) is 85.1 Å². The standard InChI is InChI=1S/C70H129N2O6P/c1-6-8-10-12-14-16-18-20-22-24-26-28-30-32-34-36-38-40-42-44-46-48-50-52-54-56-58-60-62-64-70(74)71-68(67-78-79(75,76)77-66-65-72(3,4)5)69(73)63-61-59-57-55-53-51-49-47-45-43-41-39-37-35-33-31-29-27-25-23-21-19-17-15-13-11-9-7-2/h8,10,14,16,20,22,26,28,32,34,53,55,61,63,68-69,73H,6-7,9,11-13,15,17-19,21,23-25,27,29-31,33,35-52,54,56-60,62,64-67H2,1-5H3,(H-,71,74,75,76)/p+1/b10-8-,16-14-,22-20-,28-26-,34-32-,55-53+,63-61+. The Labute approximate surface area is 490 Å². The molecular formula is C70H130N2O6P+. The number of carbonyl (C=O) groups excluding carboxylic acids is 1. The predicted molar refractivity (Wildman–Crippen MR) is 346 cm³/mol. The van der Waals surface area contributed by atoms with Crippen LogP contribution in [-0.2, 0) is 18.4 Å². The first-order valence-corrected chi connectivity index (χ1v) is 35.0. The number of hydrogen-bond donors (Lipinski definition) is 3. The maximum atomic E-state index is 13.0. The smallest absolute Gasteiger partial charge is 0.387 e.